The van der Waals surface area contributed by atoms with Crippen LogP contribution in [0.3, 0.4) is 0 Å². The first-order chi connectivity index (χ1) is 43.9. The molecule has 13 heterocycles. The SMILES string of the molecule is COc1c(F)cccc1C(=O)N1C2CCC1C(Nc1cnc3ccccc3n1)C2.Cc1ccc(-n2nccn2)c(C(=O)N2C3CCC2C(Nc2ccc(Br)cn2)C3)n1.Cc1ccc(-n2nccn2)c(C(=O)N2C3CCC2C(Nc2cnc4ccccc4n2)C3)n1. The number of nitrogens with zero attached hydrogens (tertiary/aromatic N) is 16. The second-order valence-electron chi connectivity index (χ2n) is 23.4. The van der Waals surface area contributed by atoms with Gasteiger partial charge in [0.25, 0.3) is 17.7 Å². The second-order valence-corrected chi connectivity index (χ2v) is 24.4. The van der Waals surface area contributed by atoms with Gasteiger partial charge < -0.3 is 35.4 Å². The Morgan fingerprint density at radius 2 is 0.933 bits per heavy atom. The van der Waals surface area contributed by atoms with Gasteiger partial charge in [-0.2, -0.15) is 20.4 Å². The predicted molar refractivity (Wildman–Crippen MR) is 337 cm³/mol. The maximum atomic E-state index is 14.1. The lowest BCUT2D eigenvalue weighted by Crippen LogP contribution is -2.40. The Kier molecular flexibility index (Phi) is 15.8. The molecular weight excluding hydrogens is 1210 g/mol. The fraction of sp³-hybridized carbons (Fsp3) is 0.323. The van der Waals surface area contributed by atoms with Gasteiger partial charge in [-0.15, -0.1) is 9.59 Å². The van der Waals surface area contributed by atoms with Crippen molar-refractivity contribution in [2.24, 2.45) is 0 Å². The Morgan fingerprint density at radius 3 is 1.38 bits per heavy atom. The number of ether oxygens (including phenoxy) is 1. The van der Waals surface area contributed by atoms with Crippen molar-refractivity contribution in [3.63, 3.8) is 0 Å². The molecular formula is C65H63BrFN19O4. The molecule has 23 nitrogen and oxygen atoms in total. The number of aryl methyl sites for hydroxylation is 2. The molecule has 0 saturated carbocycles. The molecule has 456 valence electrons. The summed E-state index contributed by atoms with van der Waals surface area (Å²) in [6.45, 7) is 3.78. The highest BCUT2D eigenvalue weighted by molar-refractivity contribution is 9.10. The first-order valence-corrected chi connectivity index (χ1v) is 31.1. The lowest BCUT2D eigenvalue weighted by Gasteiger charge is -2.26. The van der Waals surface area contributed by atoms with Crippen LogP contribution in [0.1, 0.15) is 101 Å². The fourth-order valence-electron chi connectivity index (χ4n) is 14.2. The van der Waals surface area contributed by atoms with Crippen LogP contribution in [0.4, 0.5) is 21.8 Å². The maximum Gasteiger partial charge on any atom is 0.275 e. The summed E-state index contributed by atoms with van der Waals surface area (Å²) in [5.41, 5.74) is 7.26. The number of pyridine rings is 3. The summed E-state index contributed by atoms with van der Waals surface area (Å²) in [5.74, 6) is 1.46. The van der Waals surface area contributed by atoms with E-state index in [1.54, 1.807) is 55.5 Å². The molecule has 3 N–H and O–H groups in total. The lowest BCUT2D eigenvalue weighted by molar-refractivity contribution is 0.0713. The van der Waals surface area contributed by atoms with E-state index >= 15 is 0 Å². The average Bonchev–Trinajstić information content (AvgIpc) is 1.69. The third kappa shape index (κ3) is 11.3. The van der Waals surface area contributed by atoms with E-state index in [1.807, 2.05) is 113 Å². The third-order valence-corrected chi connectivity index (χ3v) is 18.5. The molecule has 6 aliphatic rings. The number of halogens is 2. The van der Waals surface area contributed by atoms with Gasteiger partial charge in [0.2, 0.25) is 0 Å². The number of amides is 3. The first-order valence-electron chi connectivity index (χ1n) is 30.3. The van der Waals surface area contributed by atoms with Gasteiger partial charge in [0.15, 0.2) is 23.0 Å². The zero-order valence-electron chi connectivity index (χ0n) is 49.5. The number of aromatic nitrogens is 13. The fourth-order valence-corrected chi connectivity index (χ4v) is 14.4. The summed E-state index contributed by atoms with van der Waals surface area (Å²) in [4.78, 5) is 81.2. The number of rotatable bonds is 12. The van der Waals surface area contributed by atoms with Crippen LogP contribution in [-0.4, -0.2) is 159 Å². The Labute approximate surface area is 525 Å². The van der Waals surface area contributed by atoms with Gasteiger partial charge in [0, 0.05) is 46.2 Å². The van der Waals surface area contributed by atoms with Crippen LogP contribution in [0.2, 0.25) is 0 Å². The smallest absolute Gasteiger partial charge is 0.275 e. The molecule has 16 rings (SSSR count). The van der Waals surface area contributed by atoms with E-state index in [0.717, 1.165) is 107 Å². The van der Waals surface area contributed by atoms with Gasteiger partial charge in [0.05, 0.1) is 102 Å². The number of hydrogen-bond acceptors (Lipinski definition) is 18. The van der Waals surface area contributed by atoms with Crippen LogP contribution < -0.4 is 20.7 Å². The molecule has 9 atom stereocenters. The molecule has 0 radical (unpaired) electrons. The van der Waals surface area contributed by atoms with E-state index in [1.165, 1.54) is 22.8 Å². The third-order valence-electron chi connectivity index (χ3n) is 18.0. The Balaban J connectivity index is 0.000000118. The maximum absolute atomic E-state index is 14.1. The minimum Gasteiger partial charge on any atom is -0.493 e. The molecule has 6 aliphatic heterocycles. The summed E-state index contributed by atoms with van der Waals surface area (Å²) in [5, 5.41) is 27.3. The number of methoxy groups -OCH3 is 1. The molecule has 90 heavy (non-hydrogen) atoms. The largest absolute Gasteiger partial charge is 0.493 e. The van der Waals surface area contributed by atoms with E-state index in [2.05, 4.69) is 82.2 Å². The van der Waals surface area contributed by atoms with Crippen LogP contribution in [-0.2, 0) is 0 Å². The van der Waals surface area contributed by atoms with Crippen LogP contribution >= 0.6 is 15.9 Å². The van der Waals surface area contributed by atoms with Gasteiger partial charge in [0.1, 0.15) is 28.8 Å². The Bertz CT molecular complexity index is 4300. The number of anilines is 3. The summed E-state index contributed by atoms with van der Waals surface area (Å²) in [6.07, 6.45) is 20.1. The number of carbonyl (C=O) groups excluding carboxylic acids is 3. The van der Waals surface area contributed by atoms with Crippen molar-refractivity contribution in [3.8, 4) is 17.1 Å². The first kappa shape index (κ1) is 57.8. The molecule has 0 spiro atoms. The van der Waals surface area contributed by atoms with Gasteiger partial charge in [-0.1, -0.05) is 30.3 Å². The highest BCUT2D eigenvalue weighted by Gasteiger charge is 2.52. The second kappa shape index (κ2) is 24.6. The van der Waals surface area contributed by atoms with Crippen LogP contribution in [0.5, 0.6) is 5.75 Å². The van der Waals surface area contributed by atoms with E-state index < -0.39 is 5.82 Å². The van der Waals surface area contributed by atoms with E-state index in [-0.39, 0.29) is 83.4 Å². The zero-order chi connectivity index (χ0) is 61.6. The van der Waals surface area contributed by atoms with Crippen molar-refractivity contribution in [1.82, 2.24) is 79.6 Å². The van der Waals surface area contributed by atoms with Crippen molar-refractivity contribution in [2.75, 3.05) is 23.1 Å². The summed E-state index contributed by atoms with van der Waals surface area (Å²) in [6, 6.07) is 32.6. The predicted octanol–water partition coefficient (Wildman–Crippen LogP) is 9.39. The number of fused-ring (bicyclic) bond motifs is 8. The summed E-state index contributed by atoms with van der Waals surface area (Å²) >= 11 is 3.41. The molecule has 6 fully saturated rings. The quantitative estimate of drug-likeness (QED) is 0.103. The van der Waals surface area contributed by atoms with Crippen LogP contribution in [0, 0.1) is 19.7 Å². The van der Waals surface area contributed by atoms with Gasteiger partial charge >= 0.3 is 0 Å². The normalized spacial score (nSPS) is 22.5. The molecule has 10 aromatic rings. The Morgan fingerprint density at radius 1 is 0.489 bits per heavy atom. The standard InChI is InChI=1S/C23H22N8O.C22H21FN4O2.C20H20BrN7O/c1-14-6-8-20(31-25-10-11-26-31)22(27-14)23(32)30-15-7-9-19(30)18(12-15)29-21-13-24-16-4-2-3-5-17(16)28-21;1-29-21-14(5-4-6-15(21)23)22(28)27-13-9-10-19(27)18(11-13)26-20-12-24-16-7-2-3-8-17(16)25-20;1-12-2-5-17(28-23-8-9-24-28)19(25-12)20(29)27-14-4-6-16(27)15(10-14)26-18-7-3-13(21)11-22-18/h2-6,8,10-11,13,15,18-19H,7,9,12H2,1H3,(H,28,29);2-8,12-13,18-19H,9-11H2,1H3,(H,25,26);2-3,5,7-9,11,14-16H,4,6,10H2,1H3,(H,22,26). The number of nitrogens with one attached hydrogen (secondary N) is 3. The minimum atomic E-state index is -0.522. The highest BCUT2D eigenvalue weighted by atomic mass is 79.9. The van der Waals surface area contributed by atoms with Crippen molar-refractivity contribution in [1.29, 1.82) is 0 Å². The minimum absolute atomic E-state index is 0.00806. The molecule has 0 aliphatic carbocycles. The number of carbonyl (C=O) groups is 3. The van der Waals surface area contributed by atoms with E-state index in [9.17, 15) is 18.8 Å². The molecule has 3 amide bonds. The van der Waals surface area contributed by atoms with Crippen molar-refractivity contribution >= 4 is 73.2 Å². The lowest BCUT2D eigenvalue weighted by atomic mass is 9.95. The van der Waals surface area contributed by atoms with Gasteiger partial charge in [-0.05, 0) is 160 Å². The van der Waals surface area contributed by atoms with Gasteiger partial charge in [-0.25, -0.2) is 29.3 Å². The van der Waals surface area contributed by atoms with Crippen molar-refractivity contribution in [3.05, 3.63) is 185 Å². The Hall–Kier alpha value is -9.91. The van der Waals surface area contributed by atoms with Crippen LogP contribution in [0.25, 0.3) is 33.4 Å². The van der Waals surface area contributed by atoms with Crippen molar-refractivity contribution in [2.45, 2.75) is 126 Å². The van der Waals surface area contributed by atoms with Crippen LogP contribution in [0.15, 0.2) is 151 Å². The zero-order valence-corrected chi connectivity index (χ0v) is 51.0. The monoisotopic (exact) mass is 1270 g/mol. The van der Waals surface area contributed by atoms with Crippen molar-refractivity contribution < 1.29 is 23.5 Å². The van der Waals surface area contributed by atoms with E-state index in [4.69, 9.17) is 9.72 Å². The molecule has 25 heteroatoms. The summed E-state index contributed by atoms with van der Waals surface area (Å²) in [7, 11) is 1.39. The summed E-state index contributed by atoms with van der Waals surface area (Å²) < 4.78 is 20.2. The molecule has 6 bridgehead atoms. The number of para-hydroxylation sites is 5. The molecule has 9 unspecified atom stereocenters. The molecule has 6 saturated heterocycles. The van der Waals surface area contributed by atoms with Gasteiger partial charge in [-0.3, -0.25) is 24.4 Å². The highest BCUT2D eigenvalue weighted by Crippen LogP contribution is 2.44. The number of benzene rings is 3. The molecule has 7 aromatic heterocycles. The average molecular weight is 1270 g/mol. The van der Waals surface area contributed by atoms with E-state index in [0.29, 0.717) is 28.6 Å². The topological polar surface area (TPSA) is 258 Å². The molecule has 3 aromatic carbocycles. The number of hydrogen-bond donors (Lipinski definition) is 3.